The van der Waals surface area contributed by atoms with Crippen LogP contribution in [-0.4, -0.2) is 36.5 Å². The Kier molecular flexibility index (Phi) is 4.66. The van der Waals surface area contributed by atoms with Gasteiger partial charge in [0.05, 0.1) is 9.77 Å². The molecule has 1 amide bonds. The van der Waals surface area contributed by atoms with E-state index in [1.807, 2.05) is 24.3 Å². The van der Waals surface area contributed by atoms with E-state index in [2.05, 4.69) is 28.6 Å². The van der Waals surface area contributed by atoms with Crippen molar-refractivity contribution in [2.45, 2.75) is 34.9 Å². The molecular weight excluding hydrogens is 336 g/mol. The first-order valence-corrected chi connectivity index (χ1v) is 10.2. The highest BCUT2D eigenvalue weighted by atomic mass is 32.2. The van der Waals surface area contributed by atoms with Crippen molar-refractivity contribution in [3.05, 3.63) is 46.8 Å². The number of benzene rings is 1. The van der Waals surface area contributed by atoms with E-state index in [9.17, 15) is 4.79 Å². The summed E-state index contributed by atoms with van der Waals surface area (Å²) < 4.78 is 1.23. The summed E-state index contributed by atoms with van der Waals surface area (Å²) in [5, 5.41) is 5.46. The van der Waals surface area contributed by atoms with E-state index in [1.54, 1.807) is 23.1 Å². The Morgan fingerprint density at radius 2 is 2.08 bits per heavy atom. The van der Waals surface area contributed by atoms with Gasteiger partial charge in [0.15, 0.2) is 0 Å². The van der Waals surface area contributed by atoms with Gasteiger partial charge in [-0.2, -0.15) is 0 Å². The van der Waals surface area contributed by atoms with Crippen LogP contribution in [-0.2, 0) is 0 Å². The second-order valence-corrected chi connectivity index (χ2v) is 9.01. The van der Waals surface area contributed by atoms with E-state index in [-0.39, 0.29) is 5.91 Å². The highest BCUT2D eigenvalue weighted by Gasteiger charge is 2.35. The van der Waals surface area contributed by atoms with Gasteiger partial charge in [0.2, 0.25) is 0 Å². The summed E-state index contributed by atoms with van der Waals surface area (Å²) in [5.41, 5.74) is 2.07. The molecule has 4 heterocycles. The molecule has 0 saturated carbocycles. The largest absolute Gasteiger partial charge is 0.348 e. The van der Waals surface area contributed by atoms with Crippen molar-refractivity contribution in [2.24, 2.45) is 5.92 Å². The van der Waals surface area contributed by atoms with Gasteiger partial charge < -0.3 is 10.2 Å². The average Bonchev–Trinajstić information content (AvgIpc) is 3.01. The number of fused-ring (bicyclic) bond motifs is 3. The Bertz CT molecular complexity index is 734. The molecule has 24 heavy (non-hydrogen) atoms. The van der Waals surface area contributed by atoms with Crippen molar-refractivity contribution in [1.29, 1.82) is 0 Å². The summed E-state index contributed by atoms with van der Waals surface area (Å²) in [6, 6.07) is 10.4. The summed E-state index contributed by atoms with van der Waals surface area (Å²) in [4.78, 5) is 16.4. The predicted molar refractivity (Wildman–Crippen MR) is 100 cm³/mol. The van der Waals surface area contributed by atoms with Crippen LogP contribution in [0.2, 0.25) is 0 Å². The fourth-order valence-electron chi connectivity index (χ4n) is 3.68. The van der Waals surface area contributed by atoms with E-state index >= 15 is 0 Å². The van der Waals surface area contributed by atoms with Crippen LogP contribution in [0.1, 0.15) is 28.8 Å². The maximum atomic E-state index is 12.9. The summed E-state index contributed by atoms with van der Waals surface area (Å²) in [6.45, 7) is 5.50. The molecule has 5 heteroatoms. The topological polar surface area (TPSA) is 32.3 Å². The number of nitrogens with zero attached hydrogens (tertiary/aromatic N) is 1. The molecule has 0 unspecified atom stereocenters. The molecule has 0 aliphatic carbocycles. The zero-order valence-corrected chi connectivity index (χ0v) is 15.5. The average molecular weight is 359 g/mol. The number of amides is 1. The Balaban J connectivity index is 1.50. The fraction of sp³-hybridized carbons (Fsp3) is 0.421. The van der Waals surface area contributed by atoms with Crippen LogP contribution in [0.4, 0.5) is 0 Å². The van der Waals surface area contributed by atoms with Crippen molar-refractivity contribution in [1.82, 2.24) is 10.2 Å². The number of carbonyl (C=O) groups is 1. The number of aryl methyl sites for hydroxylation is 1. The first-order chi connectivity index (χ1) is 11.7. The second kappa shape index (κ2) is 6.90. The van der Waals surface area contributed by atoms with Crippen molar-refractivity contribution in [2.75, 3.05) is 19.6 Å². The summed E-state index contributed by atoms with van der Waals surface area (Å²) in [5.74, 6) is 0.726. The third-order valence-corrected chi connectivity index (χ3v) is 7.29. The van der Waals surface area contributed by atoms with Gasteiger partial charge in [0.1, 0.15) is 0 Å². The highest BCUT2D eigenvalue weighted by Crippen LogP contribution is 2.35. The minimum absolute atomic E-state index is 0.0742. The molecule has 1 N–H and O–H groups in total. The molecule has 0 spiro atoms. The molecule has 2 aromatic rings. The maximum absolute atomic E-state index is 12.9. The molecular formula is C19H22N2OS2. The molecule has 3 fully saturated rings. The Hall–Kier alpha value is -1.30. The molecule has 3 aliphatic rings. The third kappa shape index (κ3) is 3.39. The molecule has 3 nitrogen and oxygen atoms in total. The Labute approximate surface area is 151 Å². The van der Waals surface area contributed by atoms with E-state index in [0.29, 0.717) is 12.0 Å². The fourth-order valence-corrected chi connectivity index (χ4v) is 5.79. The number of rotatable bonds is 4. The molecule has 126 valence electrons. The van der Waals surface area contributed by atoms with Gasteiger partial charge in [-0.15, -0.1) is 11.3 Å². The van der Waals surface area contributed by atoms with Gasteiger partial charge in [-0.05, 0) is 67.9 Å². The lowest BCUT2D eigenvalue weighted by Crippen LogP contribution is -2.57. The SMILES string of the molecule is Cc1csc(Sc2ccccc2C(=O)N[C@H]2CN3CCC2CC3)c1. The number of hydrogen-bond acceptors (Lipinski definition) is 4. The van der Waals surface area contributed by atoms with Crippen LogP contribution in [0, 0.1) is 12.8 Å². The van der Waals surface area contributed by atoms with Crippen LogP contribution in [0.15, 0.2) is 44.8 Å². The van der Waals surface area contributed by atoms with E-state index in [1.165, 1.54) is 35.7 Å². The normalized spacial score (nSPS) is 25.6. The van der Waals surface area contributed by atoms with Crippen LogP contribution >= 0.6 is 23.1 Å². The minimum atomic E-state index is 0.0742. The van der Waals surface area contributed by atoms with Gasteiger partial charge in [0, 0.05) is 17.5 Å². The molecule has 1 aromatic carbocycles. The standard InChI is InChI=1S/C19H22N2OS2/c1-13-10-18(23-12-13)24-17-5-3-2-4-15(17)19(22)20-16-11-21-8-6-14(16)7-9-21/h2-5,10,12,14,16H,6-9,11H2,1H3,(H,20,22)/t16-/m0/s1. The summed E-state index contributed by atoms with van der Waals surface area (Å²) in [6.07, 6.45) is 2.44. The van der Waals surface area contributed by atoms with Crippen molar-refractivity contribution in [3.8, 4) is 0 Å². The minimum Gasteiger partial charge on any atom is -0.348 e. The van der Waals surface area contributed by atoms with Crippen LogP contribution in [0.25, 0.3) is 0 Å². The molecule has 1 atom stereocenters. The van der Waals surface area contributed by atoms with Crippen molar-refractivity contribution >= 4 is 29.0 Å². The zero-order valence-electron chi connectivity index (χ0n) is 13.8. The van der Waals surface area contributed by atoms with Crippen molar-refractivity contribution < 1.29 is 4.79 Å². The number of hydrogen-bond donors (Lipinski definition) is 1. The van der Waals surface area contributed by atoms with E-state index < -0.39 is 0 Å². The molecule has 2 bridgehead atoms. The monoisotopic (exact) mass is 358 g/mol. The van der Waals surface area contributed by atoms with Crippen LogP contribution < -0.4 is 5.32 Å². The molecule has 1 aromatic heterocycles. The predicted octanol–water partition coefficient (Wildman–Crippen LogP) is 4.03. The van der Waals surface area contributed by atoms with Gasteiger partial charge in [-0.25, -0.2) is 0 Å². The molecule has 0 radical (unpaired) electrons. The van der Waals surface area contributed by atoms with Crippen LogP contribution in [0.3, 0.4) is 0 Å². The quantitative estimate of drug-likeness (QED) is 0.895. The van der Waals surface area contributed by atoms with Gasteiger partial charge in [-0.1, -0.05) is 23.9 Å². The van der Waals surface area contributed by atoms with Gasteiger partial charge in [0.25, 0.3) is 5.91 Å². The van der Waals surface area contributed by atoms with Gasteiger partial charge >= 0.3 is 0 Å². The molecule has 3 saturated heterocycles. The van der Waals surface area contributed by atoms with Crippen molar-refractivity contribution in [3.63, 3.8) is 0 Å². The number of nitrogens with one attached hydrogen (secondary N) is 1. The third-order valence-electron chi connectivity index (χ3n) is 5.02. The molecule has 3 aliphatic heterocycles. The second-order valence-electron chi connectivity index (χ2n) is 6.76. The Morgan fingerprint density at radius 1 is 1.29 bits per heavy atom. The number of thiophene rings is 1. The lowest BCUT2D eigenvalue weighted by atomic mass is 9.84. The number of carbonyl (C=O) groups excluding carboxylic acids is 1. The summed E-state index contributed by atoms with van der Waals surface area (Å²) in [7, 11) is 0. The maximum Gasteiger partial charge on any atom is 0.252 e. The smallest absolute Gasteiger partial charge is 0.252 e. The first kappa shape index (κ1) is 16.2. The van der Waals surface area contributed by atoms with E-state index in [0.717, 1.165) is 17.0 Å². The van der Waals surface area contributed by atoms with Crippen LogP contribution in [0.5, 0.6) is 0 Å². The number of piperidine rings is 3. The zero-order chi connectivity index (χ0) is 16.5. The molecule has 5 rings (SSSR count). The van der Waals surface area contributed by atoms with Gasteiger partial charge in [-0.3, -0.25) is 4.79 Å². The lowest BCUT2D eigenvalue weighted by Gasteiger charge is -2.44. The summed E-state index contributed by atoms with van der Waals surface area (Å²) >= 11 is 3.42. The first-order valence-electron chi connectivity index (χ1n) is 8.54. The van der Waals surface area contributed by atoms with E-state index in [4.69, 9.17) is 0 Å². The highest BCUT2D eigenvalue weighted by molar-refractivity contribution is 8.01. The Morgan fingerprint density at radius 3 is 2.75 bits per heavy atom. The lowest BCUT2D eigenvalue weighted by molar-refractivity contribution is 0.0619.